The molecule has 1 aromatic carbocycles. The Kier molecular flexibility index (Phi) is 4.75. The Bertz CT molecular complexity index is 725. The molecule has 2 aromatic rings. The maximum absolute atomic E-state index is 9.38. The summed E-state index contributed by atoms with van der Waals surface area (Å²) in [6, 6.07) is 10.9. The fraction of sp³-hybridized carbons (Fsp3) is 0.444. The summed E-state index contributed by atoms with van der Waals surface area (Å²) < 4.78 is 5.51. The van der Waals surface area contributed by atoms with Gasteiger partial charge in [0.25, 0.3) is 0 Å². The van der Waals surface area contributed by atoms with Crippen molar-refractivity contribution in [3.05, 3.63) is 36.0 Å². The zero-order valence-electron chi connectivity index (χ0n) is 13.6. The third kappa shape index (κ3) is 3.29. The molecule has 2 unspecified atom stereocenters. The van der Waals surface area contributed by atoms with Crippen molar-refractivity contribution >= 4 is 16.6 Å². The number of hydrogen-bond acceptors (Lipinski definition) is 5. The third-order valence-corrected chi connectivity index (χ3v) is 4.46. The number of anilines is 1. The number of nitriles is 1. The van der Waals surface area contributed by atoms with E-state index in [-0.39, 0.29) is 0 Å². The van der Waals surface area contributed by atoms with Gasteiger partial charge in [-0.3, -0.25) is 9.88 Å². The summed E-state index contributed by atoms with van der Waals surface area (Å²) in [6.07, 6.45) is 1.65. The van der Waals surface area contributed by atoms with Gasteiger partial charge in [0.05, 0.1) is 30.0 Å². The Morgan fingerprint density at radius 2 is 2.30 bits per heavy atom. The van der Waals surface area contributed by atoms with Crippen LogP contribution in [0.15, 0.2) is 30.5 Å². The highest BCUT2D eigenvalue weighted by molar-refractivity contribution is 5.93. The molecule has 0 bridgehead atoms. The van der Waals surface area contributed by atoms with E-state index in [9.17, 15) is 5.26 Å². The highest BCUT2D eigenvalue weighted by Gasteiger charge is 2.23. The van der Waals surface area contributed by atoms with Crippen molar-refractivity contribution in [1.82, 2.24) is 9.88 Å². The van der Waals surface area contributed by atoms with Gasteiger partial charge in [-0.15, -0.1) is 0 Å². The van der Waals surface area contributed by atoms with E-state index in [2.05, 4.69) is 35.1 Å². The average molecular weight is 310 g/mol. The smallest absolute Gasteiger partial charge is 0.103 e. The Morgan fingerprint density at radius 1 is 1.48 bits per heavy atom. The van der Waals surface area contributed by atoms with Crippen LogP contribution in [-0.4, -0.2) is 48.3 Å². The molecule has 0 aliphatic carbocycles. The van der Waals surface area contributed by atoms with Crippen LogP contribution in [0.3, 0.4) is 0 Å². The quantitative estimate of drug-likeness (QED) is 0.940. The molecule has 3 rings (SSSR count). The molecule has 2 heterocycles. The van der Waals surface area contributed by atoms with E-state index in [1.54, 1.807) is 6.20 Å². The molecule has 1 aromatic heterocycles. The summed E-state index contributed by atoms with van der Waals surface area (Å²) in [5, 5.41) is 13.9. The molecule has 1 N–H and O–H groups in total. The first kappa shape index (κ1) is 15.7. The van der Waals surface area contributed by atoms with E-state index in [1.807, 2.05) is 24.3 Å². The van der Waals surface area contributed by atoms with Gasteiger partial charge in [0, 0.05) is 36.8 Å². The summed E-state index contributed by atoms with van der Waals surface area (Å²) in [5.41, 5.74) is 2.37. The predicted octanol–water partition coefficient (Wildman–Crippen LogP) is 2.63. The van der Waals surface area contributed by atoms with Crippen molar-refractivity contribution in [3.63, 3.8) is 0 Å². The molecule has 5 heteroatoms. The van der Waals surface area contributed by atoms with Gasteiger partial charge in [-0.1, -0.05) is 18.2 Å². The van der Waals surface area contributed by atoms with Crippen LogP contribution in [0.1, 0.15) is 19.4 Å². The minimum absolute atomic E-state index is 0.368. The summed E-state index contributed by atoms with van der Waals surface area (Å²) in [4.78, 5) is 6.80. The first-order valence-corrected chi connectivity index (χ1v) is 8.06. The molecule has 1 fully saturated rings. The molecule has 1 saturated heterocycles. The Balaban J connectivity index is 1.80. The lowest BCUT2D eigenvalue weighted by molar-refractivity contribution is -0.0159. The molecule has 0 saturated carbocycles. The fourth-order valence-electron chi connectivity index (χ4n) is 3.18. The Labute approximate surface area is 136 Å². The standard InChI is InChI=1S/C18H22N4O/c1-13(22-7-8-23-12-14(22)2)10-21-18-15(9-19)11-20-17-6-4-3-5-16(17)18/h3-6,11,13-14H,7-8,10,12H2,1-2H3,(H,20,21). The number of hydrogen-bond donors (Lipinski definition) is 1. The van der Waals surface area contributed by atoms with Crippen LogP contribution >= 0.6 is 0 Å². The first-order valence-electron chi connectivity index (χ1n) is 8.06. The van der Waals surface area contributed by atoms with Gasteiger partial charge in [0.1, 0.15) is 6.07 Å². The number of aromatic nitrogens is 1. The van der Waals surface area contributed by atoms with Crippen LogP contribution in [0.4, 0.5) is 5.69 Å². The molecule has 2 atom stereocenters. The normalized spacial score (nSPS) is 20.1. The maximum Gasteiger partial charge on any atom is 0.103 e. The summed E-state index contributed by atoms with van der Waals surface area (Å²) in [7, 11) is 0. The molecular weight excluding hydrogens is 288 g/mol. The van der Waals surface area contributed by atoms with Gasteiger partial charge >= 0.3 is 0 Å². The molecule has 120 valence electrons. The second-order valence-electron chi connectivity index (χ2n) is 6.07. The largest absolute Gasteiger partial charge is 0.382 e. The lowest BCUT2D eigenvalue weighted by Crippen LogP contribution is -2.50. The van der Waals surface area contributed by atoms with Crippen molar-refractivity contribution in [2.24, 2.45) is 0 Å². The van der Waals surface area contributed by atoms with Crippen molar-refractivity contribution in [2.45, 2.75) is 25.9 Å². The predicted molar refractivity (Wildman–Crippen MR) is 91.4 cm³/mol. The summed E-state index contributed by atoms with van der Waals surface area (Å²) in [5.74, 6) is 0. The molecule has 23 heavy (non-hydrogen) atoms. The lowest BCUT2D eigenvalue weighted by Gasteiger charge is -2.38. The van der Waals surface area contributed by atoms with E-state index in [0.29, 0.717) is 17.6 Å². The van der Waals surface area contributed by atoms with Crippen LogP contribution in [0.5, 0.6) is 0 Å². The number of nitrogens with one attached hydrogen (secondary N) is 1. The van der Waals surface area contributed by atoms with E-state index in [0.717, 1.165) is 42.9 Å². The number of morpholine rings is 1. The number of ether oxygens (including phenoxy) is 1. The van der Waals surface area contributed by atoms with Crippen LogP contribution < -0.4 is 5.32 Å². The number of para-hydroxylation sites is 1. The second kappa shape index (κ2) is 6.95. The summed E-state index contributed by atoms with van der Waals surface area (Å²) in [6.45, 7) is 7.71. The number of rotatable bonds is 4. The molecule has 1 aliphatic rings. The Hall–Kier alpha value is -2.16. The van der Waals surface area contributed by atoms with Gasteiger partial charge in [0.2, 0.25) is 0 Å². The van der Waals surface area contributed by atoms with Gasteiger partial charge in [-0.05, 0) is 19.9 Å². The minimum Gasteiger partial charge on any atom is -0.382 e. The van der Waals surface area contributed by atoms with Crippen LogP contribution in [0.2, 0.25) is 0 Å². The SMILES string of the molecule is CC(CNc1c(C#N)cnc2ccccc12)N1CCOCC1C. The molecule has 0 radical (unpaired) electrons. The average Bonchev–Trinajstić information content (AvgIpc) is 2.59. The number of nitrogens with zero attached hydrogens (tertiary/aromatic N) is 3. The highest BCUT2D eigenvalue weighted by Crippen LogP contribution is 2.25. The van der Waals surface area contributed by atoms with Crippen molar-refractivity contribution in [3.8, 4) is 6.07 Å². The van der Waals surface area contributed by atoms with Crippen LogP contribution in [0, 0.1) is 11.3 Å². The monoisotopic (exact) mass is 310 g/mol. The van der Waals surface area contributed by atoms with E-state index < -0.39 is 0 Å². The number of fused-ring (bicyclic) bond motifs is 1. The zero-order valence-corrected chi connectivity index (χ0v) is 13.6. The van der Waals surface area contributed by atoms with Gasteiger partial charge in [-0.25, -0.2) is 0 Å². The van der Waals surface area contributed by atoms with E-state index in [4.69, 9.17) is 4.74 Å². The first-order chi connectivity index (χ1) is 11.2. The molecule has 1 aliphatic heterocycles. The van der Waals surface area contributed by atoms with Crippen molar-refractivity contribution < 1.29 is 4.74 Å². The molecule has 0 amide bonds. The van der Waals surface area contributed by atoms with E-state index >= 15 is 0 Å². The van der Waals surface area contributed by atoms with Crippen LogP contribution in [0.25, 0.3) is 10.9 Å². The molecule has 0 spiro atoms. The Morgan fingerprint density at radius 3 is 3.09 bits per heavy atom. The van der Waals surface area contributed by atoms with Gasteiger partial charge < -0.3 is 10.1 Å². The minimum atomic E-state index is 0.368. The van der Waals surface area contributed by atoms with E-state index in [1.165, 1.54) is 0 Å². The highest BCUT2D eigenvalue weighted by atomic mass is 16.5. The second-order valence-corrected chi connectivity index (χ2v) is 6.07. The summed E-state index contributed by atoms with van der Waals surface area (Å²) >= 11 is 0. The number of pyridine rings is 1. The van der Waals surface area contributed by atoms with Gasteiger partial charge in [-0.2, -0.15) is 5.26 Å². The van der Waals surface area contributed by atoms with Crippen molar-refractivity contribution in [1.29, 1.82) is 5.26 Å². The number of benzene rings is 1. The van der Waals surface area contributed by atoms with Gasteiger partial charge in [0.15, 0.2) is 0 Å². The fourth-order valence-corrected chi connectivity index (χ4v) is 3.18. The molecular formula is C18H22N4O. The lowest BCUT2D eigenvalue weighted by atomic mass is 10.1. The maximum atomic E-state index is 9.38. The zero-order chi connectivity index (χ0) is 16.2. The van der Waals surface area contributed by atoms with Crippen molar-refractivity contribution in [2.75, 3.05) is 31.6 Å². The topological polar surface area (TPSA) is 61.2 Å². The van der Waals surface area contributed by atoms with Crippen LogP contribution in [-0.2, 0) is 4.74 Å². The third-order valence-electron chi connectivity index (χ3n) is 4.46. The molecule has 5 nitrogen and oxygen atoms in total.